The molecule has 1 aliphatic rings. The zero-order valence-corrected chi connectivity index (χ0v) is 12.3. The third kappa shape index (κ3) is 4.96. The molecular formula is C13H24BrNO2. The van der Waals surface area contributed by atoms with Gasteiger partial charge in [0.1, 0.15) is 0 Å². The minimum atomic E-state index is -0.335. The maximum Gasteiger partial charge on any atom is 0.220 e. The third-order valence-electron chi connectivity index (χ3n) is 3.73. The van der Waals surface area contributed by atoms with Crippen molar-refractivity contribution < 1.29 is 9.90 Å². The van der Waals surface area contributed by atoms with Crippen molar-refractivity contribution in [3.8, 4) is 0 Å². The molecule has 3 nitrogen and oxygen atoms in total. The number of rotatable bonds is 6. The lowest BCUT2D eigenvalue weighted by Gasteiger charge is -2.38. The van der Waals surface area contributed by atoms with Crippen LogP contribution in [0, 0.1) is 5.92 Å². The quantitative estimate of drug-likeness (QED) is 0.585. The van der Waals surface area contributed by atoms with Crippen molar-refractivity contribution in [2.45, 2.75) is 57.4 Å². The highest BCUT2D eigenvalue weighted by Crippen LogP contribution is 2.31. The first-order chi connectivity index (χ1) is 8.12. The van der Waals surface area contributed by atoms with Gasteiger partial charge >= 0.3 is 0 Å². The van der Waals surface area contributed by atoms with Gasteiger partial charge in [0.15, 0.2) is 0 Å². The Balaban J connectivity index is 2.37. The van der Waals surface area contributed by atoms with Gasteiger partial charge in [-0.2, -0.15) is 0 Å². The van der Waals surface area contributed by atoms with Gasteiger partial charge in [-0.25, -0.2) is 0 Å². The second kappa shape index (κ2) is 7.37. The first-order valence-electron chi connectivity index (χ1n) is 6.60. The van der Waals surface area contributed by atoms with E-state index in [0.29, 0.717) is 6.42 Å². The van der Waals surface area contributed by atoms with Crippen molar-refractivity contribution in [3.05, 3.63) is 0 Å². The molecule has 0 radical (unpaired) electrons. The Morgan fingerprint density at radius 2 is 2.06 bits per heavy atom. The fraction of sp³-hybridized carbons (Fsp3) is 0.923. The second-order valence-electron chi connectivity index (χ2n) is 5.32. The molecule has 1 saturated carbocycles. The van der Waals surface area contributed by atoms with E-state index < -0.39 is 0 Å². The van der Waals surface area contributed by atoms with Gasteiger partial charge < -0.3 is 10.4 Å². The van der Waals surface area contributed by atoms with Gasteiger partial charge in [-0.15, -0.1) is 0 Å². The van der Waals surface area contributed by atoms with E-state index in [9.17, 15) is 9.90 Å². The van der Waals surface area contributed by atoms with E-state index >= 15 is 0 Å². The number of hydrogen-bond donors (Lipinski definition) is 2. The Kier molecular flexibility index (Phi) is 6.49. The number of carbonyl (C=O) groups excluding carboxylic acids is 1. The fourth-order valence-corrected chi connectivity index (χ4v) is 2.77. The van der Waals surface area contributed by atoms with Gasteiger partial charge in [-0.05, 0) is 44.4 Å². The summed E-state index contributed by atoms with van der Waals surface area (Å²) in [6.45, 7) is 2.31. The average Bonchev–Trinajstić information content (AvgIpc) is 2.33. The van der Waals surface area contributed by atoms with Crippen LogP contribution in [-0.4, -0.2) is 28.5 Å². The van der Waals surface area contributed by atoms with Crippen LogP contribution in [-0.2, 0) is 4.79 Å². The van der Waals surface area contributed by atoms with Crippen molar-refractivity contribution >= 4 is 21.8 Å². The van der Waals surface area contributed by atoms with Crippen LogP contribution in [0.15, 0.2) is 0 Å². The summed E-state index contributed by atoms with van der Waals surface area (Å²) in [7, 11) is 0. The Bertz CT molecular complexity index is 238. The predicted octanol–water partition coefficient (Wildman–Crippen LogP) is 2.61. The van der Waals surface area contributed by atoms with Crippen LogP contribution in [0.2, 0.25) is 0 Å². The zero-order chi connectivity index (χ0) is 12.7. The van der Waals surface area contributed by atoms with E-state index in [1.807, 2.05) is 0 Å². The lowest BCUT2D eigenvalue weighted by molar-refractivity contribution is -0.124. The molecule has 0 saturated heterocycles. The Labute approximate surface area is 112 Å². The maximum absolute atomic E-state index is 11.8. The van der Waals surface area contributed by atoms with Crippen LogP contribution in [0.5, 0.6) is 0 Å². The molecule has 0 aromatic heterocycles. The zero-order valence-electron chi connectivity index (χ0n) is 10.7. The largest absolute Gasteiger partial charge is 0.394 e. The number of aliphatic hydroxyl groups is 1. The van der Waals surface area contributed by atoms with E-state index in [1.54, 1.807) is 0 Å². The van der Waals surface area contributed by atoms with Crippen LogP contribution < -0.4 is 5.32 Å². The highest BCUT2D eigenvalue weighted by atomic mass is 79.9. The SMILES string of the molecule is CC1CCC(CO)(NC(=O)CCCCBr)CC1. The van der Waals surface area contributed by atoms with Gasteiger partial charge in [-0.1, -0.05) is 22.9 Å². The van der Waals surface area contributed by atoms with Crippen LogP contribution in [0.25, 0.3) is 0 Å². The van der Waals surface area contributed by atoms with Gasteiger partial charge in [0.25, 0.3) is 0 Å². The molecular weight excluding hydrogens is 282 g/mol. The minimum Gasteiger partial charge on any atom is -0.394 e. The standard InChI is InChI=1S/C13H24BrNO2/c1-11-5-7-13(10-16,8-6-11)15-12(17)4-2-3-9-14/h11,16H,2-10H2,1H3,(H,15,17). The minimum absolute atomic E-state index is 0.0733. The topological polar surface area (TPSA) is 49.3 Å². The molecule has 0 aliphatic heterocycles. The van der Waals surface area contributed by atoms with Crippen molar-refractivity contribution in [2.75, 3.05) is 11.9 Å². The number of aliphatic hydroxyl groups excluding tert-OH is 1. The normalized spacial score (nSPS) is 29.0. The lowest BCUT2D eigenvalue weighted by atomic mass is 9.77. The molecule has 0 spiro atoms. The fourth-order valence-electron chi connectivity index (χ4n) is 2.38. The summed E-state index contributed by atoms with van der Waals surface area (Å²) < 4.78 is 0. The number of amides is 1. The molecule has 0 unspecified atom stereocenters. The van der Waals surface area contributed by atoms with E-state index in [4.69, 9.17) is 0 Å². The summed E-state index contributed by atoms with van der Waals surface area (Å²) >= 11 is 3.36. The monoisotopic (exact) mass is 305 g/mol. The molecule has 0 bridgehead atoms. The maximum atomic E-state index is 11.8. The molecule has 1 amide bonds. The van der Waals surface area contributed by atoms with E-state index in [2.05, 4.69) is 28.2 Å². The van der Waals surface area contributed by atoms with Gasteiger partial charge in [0, 0.05) is 11.8 Å². The molecule has 0 atom stereocenters. The number of nitrogens with one attached hydrogen (secondary N) is 1. The van der Waals surface area contributed by atoms with Gasteiger partial charge in [0.05, 0.1) is 12.1 Å². The lowest BCUT2D eigenvalue weighted by Crippen LogP contribution is -2.53. The first kappa shape index (κ1) is 15.0. The highest BCUT2D eigenvalue weighted by molar-refractivity contribution is 9.09. The molecule has 1 fully saturated rings. The Morgan fingerprint density at radius 3 is 2.59 bits per heavy atom. The molecule has 0 aromatic rings. The molecule has 17 heavy (non-hydrogen) atoms. The molecule has 100 valence electrons. The summed E-state index contributed by atoms with van der Waals surface area (Å²) in [6.07, 6.45) is 6.53. The van der Waals surface area contributed by atoms with Crippen LogP contribution >= 0.6 is 15.9 Å². The summed E-state index contributed by atoms with van der Waals surface area (Å²) in [5.74, 6) is 0.814. The van der Waals surface area contributed by atoms with E-state index in [1.165, 1.54) is 0 Å². The molecule has 2 N–H and O–H groups in total. The molecule has 4 heteroatoms. The molecule has 1 aliphatic carbocycles. The third-order valence-corrected chi connectivity index (χ3v) is 4.29. The summed E-state index contributed by atoms with van der Waals surface area (Å²) in [5.41, 5.74) is -0.335. The Hall–Kier alpha value is -0.0900. The summed E-state index contributed by atoms with van der Waals surface area (Å²) in [4.78, 5) is 11.8. The van der Waals surface area contributed by atoms with Crippen molar-refractivity contribution in [1.82, 2.24) is 5.32 Å². The number of alkyl halides is 1. The van der Waals surface area contributed by atoms with Crippen LogP contribution in [0.4, 0.5) is 0 Å². The molecule has 1 rings (SSSR count). The number of hydrogen-bond acceptors (Lipinski definition) is 2. The molecule has 0 heterocycles. The summed E-state index contributed by atoms with van der Waals surface area (Å²) in [6, 6.07) is 0. The average molecular weight is 306 g/mol. The molecule has 0 aromatic carbocycles. The Morgan fingerprint density at radius 1 is 1.41 bits per heavy atom. The first-order valence-corrected chi connectivity index (χ1v) is 7.72. The van der Waals surface area contributed by atoms with Crippen molar-refractivity contribution in [3.63, 3.8) is 0 Å². The van der Waals surface area contributed by atoms with E-state index in [-0.39, 0.29) is 18.1 Å². The second-order valence-corrected chi connectivity index (χ2v) is 6.11. The number of halogens is 1. The smallest absolute Gasteiger partial charge is 0.220 e. The van der Waals surface area contributed by atoms with Gasteiger partial charge in [-0.3, -0.25) is 4.79 Å². The van der Waals surface area contributed by atoms with Gasteiger partial charge in [0.2, 0.25) is 5.91 Å². The highest BCUT2D eigenvalue weighted by Gasteiger charge is 2.34. The number of unbranched alkanes of at least 4 members (excludes halogenated alkanes) is 1. The number of carbonyl (C=O) groups is 1. The van der Waals surface area contributed by atoms with Crippen molar-refractivity contribution in [2.24, 2.45) is 5.92 Å². The van der Waals surface area contributed by atoms with Crippen LogP contribution in [0.3, 0.4) is 0 Å². The van der Waals surface area contributed by atoms with E-state index in [0.717, 1.165) is 49.8 Å². The van der Waals surface area contributed by atoms with Crippen molar-refractivity contribution in [1.29, 1.82) is 0 Å². The predicted molar refractivity (Wildman–Crippen MR) is 73.2 cm³/mol. The van der Waals surface area contributed by atoms with Crippen LogP contribution in [0.1, 0.15) is 51.9 Å². The summed E-state index contributed by atoms with van der Waals surface area (Å²) in [5, 5.41) is 13.5.